The molecule has 0 N–H and O–H groups in total. The summed E-state index contributed by atoms with van der Waals surface area (Å²) in [5.41, 5.74) is 9.15. The lowest BCUT2D eigenvalue weighted by atomic mass is 10.0. The van der Waals surface area contributed by atoms with Crippen molar-refractivity contribution in [1.82, 2.24) is 14.5 Å². The second-order valence-corrected chi connectivity index (χ2v) is 7.98. The number of fused-ring (bicyclic) bond motifs is 4. The molecule has 4 heteroatoms. The van der Waals surface area contributed by atoms with Gasteiger partial charge in [-0.1, -0.05) is 17.7 Å². The Balaban J connectivity index is 1.72. The van der Waals surface area contributed by atoms with Crippen LogP contribution in [0.2, 0.25) is 5.02 Å². The summed E-state index contributed by atoms with van der Waals surface area (Å²) < 4.78 is 2.40. The van der Waals surface area contributed by atoms with Crippen molar-refractivity contribution in [2.75, 3.05) is 13.6 Å². The van der Waals surface area contributed by atoms with Gasteiger partial charge in [-0.15, -0.1) is 0 Å². The van der Waals surface area contributed by atoms with Crippen molar-refractivity contribution >= 4 is 34.3 Å². The van der Waals surface area contributed by atoms with Gasteiger partial charge < -0.3 is 9.47 Å². The van der Waals surface area contributed by atoms with Crippen molar-refractivity contribution in [2.24, 2.45) is 0 Å². The second kappa shape index (κ2) is 5.97. The number of nitrogens with zero attached hydrogens (tertiary/aromatic N) is 3. The maximum atomic E-state index is 6.31. The average molecular weight is 364 g/mol. The van der Waals surface area contributed by atoms with Crippen molar-refractivity contribution in [3.63, 3.8) is 0 Å². The van der Waals surface area contributed by atoms with Crippen LogP contribution in [0.1, 0.15) is 34.6 Å². The maximum Gasteiger partial charge on any atom is 0.0529 e. The van der Waals surface area contributed by atoms with Gasteiger partial charge in [-0.2, -0.15) is 0 Å². The smallest absolute Gasteiger partial charge is 0.0529 e. The molecule has 0 bridgehead atoms. The minimum absolute atomic E-state index is 0.815. The molecule has 3 nitrogen and oxygen atoms in total. The van der Waals surface area contributed by atoms with Crippen LogP contribution in [0, 0.1) is 6.92 Å². The van der Waals surface area contributed by atoms with E-state index in [1.54, 1.807) is 0 Å². The van der Waals surface area contributed by atoms with Gasteiger partial charge in [0.25, 0.3) is 0 Å². The van der Waals surface area contributed by atoms with Gasteiger partial charge in [-0.25, -0.2) is 0 Å². The molecule has 3 heterocycles. The summed E-state index contributed by atoms with van der Waals surface area (Å²) in [6, 6.07) is 10.6. The standard InChI is InChI=1S/C22H22ClN3/c1-14-3-6-17-15(4-7-20(17)24-14)12-26-21-8-5-16(23)11-19(21)18-9-10-25(2)13-22(18)26/h3,5-6,8,11-12H,4,7,9-10,13H2,1-2H3/b15-12+. The number of hydrogen-bond acceptors (Lipinski definition) is 2. The average Bonchev–Trinajstić information content (AvgIpc) is 3.14. The molecule has 0 atom stereocenters. The monoisotopic (exact) mass is 363 g/mol. The van der Waals surface area contributed by atoms with Crippen molar-refractivity contribution in [2.45, 2.75) is 32.7 Å². The van der Waals surface area contributed by atoms with Crippen molar-refractivity contribution < 1.29 is 0 Å². The Hall–Kier alpha value is -2.10. The van der Waals surface area contributed by atoms with E-state index in [-0.39, 0.29) is 0 Å². The first-order chi connectivity index (χ1) is 12.6. The number of likely N-dealkylation sites (N-methyl/N-ethyl adjacent to an activating group) is 1. The summed E-state index contributed by atoms with van der Waals surface area (Å²) in [4.78, 5) is 7.13. The molecule has 2 aliphatic rings. The van der Waals surface area contributed by atoms with E-state index < -0.39 is 0 Å². The quantitative estimate of drug-likeness (QED) is 0.611. The van der Waals surface area contributed by atoms with Gasteiger partial charge in [-0.3, -0.25) is 4.98 Å². The van der Waals surface area contributed by atoms with Crippen molar-refractivity contribution in [3.8, 4) is 0 Å². The van der Waals surface area contributed by atoms with E-state index in [9.17, 15) is 0 Å². The van der Waals surface area contributed by atoms with Crippen LogP contribution in [0.4, 0.5) is 0 Å². The van der Waals surface area contributed by atoms with Gasteiger partial charge in [0, 0.05) is 52.3 Å². The van der Waals surface area contributed by atoms with E-state index in [4.69, 9.17) is 16.6 Å². The summed E-state index contributed by atoms with van der Waals surface area (Å²) in [5.74, 6) is 0. The highest BCUT2D eigenvalue weighted by atomic mass is 35.5. The minimum Gasteiger partial charge on any atom is -0.318 e. The molecule has 0 saturated heterocycles. The molecule has 1 aromatic carbocycles. The molecule has 0 amide bonds. The first-order valence-corrected chi connectivity index (χ1v) is 9.65. The second-order valence-electron chi connectivity index (χ2n) is 7.55. The molecule has 0 saturated carbocycles. The zero-order chi connectivity index (χ0) is 17.8. The highest BCUT2D eigenvalue weighted by Crippen LogP contribution is 2.36. The van der Waals surface area contributed by atoms with Gasteiger partial charge in [-0.05, 0) is 68.6 Å². The van der Waals surface area contributed by atoms with Crippen LogP contribution >= 0.6 is 11.6 Å². The molecule has 3 aromatic rings. The van der Waals surface area contributed by atoms with Gasteiger partial charge in [0.05, 0.1) is 5.52 Å². The Bertz CT molecular complexity index is 1060. The van der Waals surface area contributed by atoms with Gasteiger partial charge in [0.2, 0.25) is 0 Å². The van der Waals surface area contributed by atoms with Crippen molar-refractivity contribution in [1.29, 1.82) is 0 Å². The maximum absolute atomic E-state index is 6.31. The van der Waals surface area contributed by atoms with E-state index in [2.05, 4.69) is 53.9 Å². The first-order valence-electron chi connectivity index (χ1n) is 9.27. The summed E-state index contributed by atoms with van der Waals surface area (Å²) in [7, 11) is 2.20. The summed E-state index contributed by atoms with van der Waals surface area (Å²) in [6.45, 7) is 4.14. The predicted octanol–water partition coefficient (Wildman–Crippen LogP) is 4.93. The Morgan fingerprint density at radius 1 is 1.12 bits per heavy atom. The lowest BCUT2D eigenvalue weighted by molar-refractivity contribution is 0.308. The summed E-state index contributed by atoms with van der Waals surface area (Å²) in [6.07, 6.45) is 5.52. The van der Waals surface area contributed by atoms with Crippen LogP contribution in [-0.2, 0) is 19.4 Å². The summed E-state index contributed by atoms with van der Waals surface area (Å²) in [5, 5.41) is 2.12. The number of rotatable bonds is 1. The van der Waals surface area contributed by atoms with Crippen LogP contribution in [-0.4, -0.2) is 28.0 Å². The van der Waals surface area contributed by atoms with Crippen LogP contribution in [0.15, 0.2) is 30.3 Å². The first kappa shape index (κ1) is 16.1. The normalized spacial score (nSPS) is 18.5. The third-order valence-electron chi connectivity index (χ3n) is 5.72. The molecule has 5 rings (SSSR count). The SMILES string of the molecule is Cc1ccc2c(n1)CC/C2=C\n1c2c(c3cc(Cl)ccc31)CCN(C)C2. The molecule has 0 unspecified atom stereocenters. The van der Waals surface area contributed by atoms with Crippen LogP contribution in [0.3, 0.4) is 0 Å². The molecular formula is C22H22ClN3. The van der Waals surface area contributed by atoms with E-state index in [1.165, 1.54) is 39.0 Å². The summed E-state index contributed by atoms with van der Waals surface area (Å²) >= 11 is 6.31. The number of benzene rings is 1. The Morgan fingerprint density at radius 3 is 2.88 bits per heavy atom. The van der Waals surface area contributed by atoms with Gasteiger partial charge in [0.1, 0.15) is 0 Å². The zero-order valence-electron chi connectivity index (χ0n) is 15.2. The zero-order valence-corrected chi connectivity index (χ0v) is 16.0. The van der Waals surface area contributed by atoms with Gasteiger partial charge in [0.15, 0.2) is 0 Å². The van der Waals surface area contributed by atoms with E-state index in [1.807, 2.05) is 6.07 Å². The van der Waals surface area contributed by atoms with E-state index in [0.29, 0.717) is 0 Å². The molecule has 1 aliphatic heterocycles. The fourth-order valence-corrected chi connectivity index (χ4v) is 4.58. The molecular weight excluding hydrogens is 342 g/mol. The molecule has 2 aromatic heterocycles. The molecule has 0 fully saturated rings. The lowest BCUT2D eigenvalue weighted by Crippen LogP contribution is -2.27. The van der Waals surface area contributed by atoms with Crippen LogP contribution < -0.4 is 0 Å². The largest absolute Gasteiger partial charge is 0.318 e. The number of hydrogen-bond donors (Lipinski definition) is 0. The van der Waals surface area contributed by atoms with E-state index in [0.717, 1.165) is 43.1 Å². The van der Waals surface area contributed by atoms with Gasteiger partial charge >= 0.3 is 0 Å². The lowest BCUT2D eigenvalue weighted by Gasteiger charge is -2.24. The fourth-order valence-electron chi connectivity index (χ4n) is 4.41. The predicted molar refractivity (Wildman–Crippen MR) is 108 cm³/mol. The highest BCUT2D eigenvalue weighted by Gasteiger charge is 2.24. The molecule has 0 spiro atoms. The number of aryl methyl sites for hydroxylation is 2. The number of pyridine rings is 1. The molecule has 1 aliphatic carbocycles. The highest BCUT2D eigenvalue weighted by molar-refractivity contribution is 6.31. The molecule has 26 heavy (non-hydrogen) atoms. The Labute approximate surface area is 158 Å². The molecule has 132 valence electrons. The number of halogens is 1. The third-order valence-corrected chi connectivity index (χ3v) is 5.96. The Kier molecular flexibility index (Phi) is 3.70. The molecule has 0 radical (unpaired) electrons. The van der Waals surface area contributed by atoms with Crippen LogP contribution in [0.5, 0.6) is 0 Å². The third kappa shape index (κ3) is 2.50. The van der Waals surface area contributed by atoms with Crippen molar-refractivity contribution in [3.05, 3.63) is 63.6 Å². The fraction of sp³-hybridized carbons (Fsp3) is 0.318. The van der Waals surface area contributed by atoms with E-state index >= 15 is 0 Å². The van der Waals surface area contributed by atoms with Crippen LogP contribution in [0.25, 0.3) is 22.7 Å². The topological polar surface area (TPSA) is 21.1 Å². The minimum atomic E-state index is 0.815. The number of allylic oxidation sites excluding steroid dienone is 1. The Morgan fingerprint density at radius 2 is 2.00 bits per heavy atom. The number of aromatic nitrogens is 2.